The second-order valence-corrected chi connectivity index (χ2v) is 5.13. The second kappa shape index (κ2) is 7.78. The van der Waals surface area contributed by atoms with Crippen LogP contribution in [0.4, 0.5) is 0 Å². The van der Waals surface area contributed by atoms with Gasteiger partial charge in [-0.1, -0.05) is 66.3 Å². The highest BCUT2D eigenvalue weighted by atomic mass is 14.2. The van der Waals surface area contributed by atoms with E-state index in [-0.39, 0.29) is 0 Å². The summed E-state index contributed by atoms with van der Waals surface area (Å²) in [5, 5.41) is 0. The van der Waals surface area contributed by atoms with E-state index in [1.165, 1.54) is 31.3 Å². The van der Waals surface area contributed by atoms with E-state index in [4.69, 9.17) is 0 Å². The van der Waals surface area contributed by atoms with Crippen LogP contribution in [0.25, 0.3) is 0 Å². The topological polar surface area (TPSA) is 0 Å². The molecule has 0 radical (unpaired) electrons. The summed E-state index contributed by atoms with van der Waals surface area (Å²) in [5.74, 6) is 0.572. The van der Waals surface area contributed by atoms with Gasteiger partial charge < -0.3 is 0 Å². The molecule has 0 heterocycles. The van der Waals surface area contributed by atoms with Gasteiger partial charge >= 0.3 is 0 Å². The van der Waals surface area contributed by atoms with Crippen molar-refractivity contribution in [1.29, 1.82) is 0 Å². The minimum absolute atomic E-state index is 0.572. The van der Waals surface area contributed by atoms with Crippen molar-refractivity contribution in [3.05, 3.63) is 71.9 Å². The quantitative estimate of drug-likeness (QED) is 0.552. The zero-order valence-corrected chi connectivity index (χ0v) is 11.9. The lowest BCUT2D eigenvalue weighted by atomic mass is 9.82. The fourth-order valence-corrected chi connectivity index (χ4v) is 2.71. The third-order valence-electron chi connectivity index (χ3n) is 3.73. The Balaban J connectivity index is 2.12. The van der Waals surface area contributed by atoms with Crippen molar-refractivity contribution in [3.63, 3.8) is 0 Å². The number of hydrogen-bond donors (Lipinski definition) is 0. The van der Waals surface area contributed by atoms with E-state index in [0.717, 1.165) is 6.42 Å². The van der Waals surface area contributed by atoms with Crippen molar-refractivity contribution in [2.24, 2.45) is 5.92 Å². The summed E-state index contributed by atoms with van der Waals surface area (Å²) in [6, 6.07) is 0. The fraction of sp³-hybridized carbons (Fsp3) is 0.368. The van der Waals surface area contributed by atoms with Crippen LogP contribution in [-0.4, -0.2) is 0 Å². The fourth-order valence-electron chi connectivity index (χ4n) is 2.71. The molecule has 0 aromatic rings. The molecule has 0 aromatic carbocycles. The van der Waals surface area contributed by atoms with Crippen LogP contribution in [0, 0.1) is 5.92 Å². The van der Waals surface area contributed by atoms with Gasteiger partial charge in [-0.25, -0.2) is 0 Å². The Bertz CT molecular complexity index is 452. The Morgan fingerprint density at radius 3 is 2.79 bits per heavy atom. The van der Waals surface area contributed by atoms with Crippen LogP contribution in [0.2, 0.25) is 0 Å². The van der Waals surface area contributed by atoms with E-state index in [1.807, 2.05) is 0 Å². The summed E-state index contributed by atoms with van der Waals surface area (Å²) in [7, 11) is 0. The predicted octanol–water partition coefficient (Wildman–Crippen LogP) is 5.68. The van der Waals surface area contributed by atoms with Crippen LogP contribution >= 0.6 is 0 Å². The second-order valence-electron chi connectivity index (χ2n) is 5.13. The first-order chi connectivity index (χ1) is 9.42. The van der Waals surface area contributed by atoms with Gasteiger partial charge in [-0.2, -0.15) is 0 Å². The highest BCUT2D eigenvalue weighted by Gasteiger charge is 2.17. The van der Waals surface area contributed by atoms with E-state index >= 15 is 0 Å². The van der Waals surface area contributed by atoms with Gasteiger partial charge in [-0.3, -0.25) is 0 Å². The molecule has 0 N–H and O–H groups in total. The first kappa shape index (κ1) is 13.9. The van der Waals surface area contributed by atoms with Crippen LogP contribution in [0.1, 0.15) is 39.0 Å². The van der Waals surface area contributed by atoms with Crippen LogP contribution in [0.15, 0.2) is 71.9 Å². The van der Waals surface area contributed by atoms with Crippen molar-refractivity contribution in [3.8, 4) is 0 Å². The Hall–Kier alpha value is -1.56. The van der Waals surface area contributed by atoms with E-state index in [1.54, 1.807) is 5.57 Å². The third-order valence-corrected chi connectivity index (χ3v) is 3.73. The van der Waals surface area contributed by atoms with Crippen LogP contribution in [-0.2, 0) is 0 Å². The molecule has 0 saturated heterocycles. The lowest BCUT2D eigenvalue weighted by Crippen LogP contribution is -2.08. The van der Waals surface area contributed by atoms with Crippen LogP contribution in [0.3, 0.4) is 0 Å². The molecule has 0 bridgehead atoms. The summed E-state index contributed by atoms with van der Waals surface area (Å²) in [4.78, 5) is 0. The Morgan fingerprint density at radius 2 is 2.11 bits per heavy atom. The van der Waals surface area contributed by atoms with Gasteiger partial charge in [-0.05, 0) is 44.6 Å². The molecule has 2 rings (SSSR count). The molecular formula is C19H24. The lowest BCUT2D eigenvalue weighted by molar-refractivity contribution is 0.685. The molecule has 19 heavy (non-hydrogen) atoms. The Kier molecular flexibility index (Phi) is 5.68. The lowest BCUT2D eigenvalue weighted by Gasteiger charge is -2.23. The minimum Gasteiger partial charge on any atom is -0.0877 e. The van der Waals surface area contributed by atoms with Crippen molar-refractivity contribution < 1.29 is 0 Å². The largest absolute Gasteiger partial charge is 0.0877 e. The summed E-state index contributed by atoms with van der Waals surface area (Å²) in [6.45, 7) is 2.06. The summed E-state index contributed by atoms with van der Waals surface area (Å²) in [5.41, 5.74) is 3.10. The molecule has 0 amide bonds. The van der Waals surface area contributed by atoms with E-state index in [2.05, 4.69) is 67.7 Å². The normalized spacial score (nSPS) is 20.9. The maximum Gasteiger partial charge on any atom is 0.00827 e. The van der Waals surface area contributed by atoms with Gasteiger partial charge in [0.2, 0.25) is 0 Å². The smallest absolute Gasteiger partial charge is 0.00827 e. The molecule has 0 nitrogen and oxygen atoms in total. The van der Waals surface area contributed by atoms with E-state index < -0.39 is 0 Å². The van der Waals surface area contributed by atoms with E-state index in [9.17, 15) is 0 Å². The maximum absolute atomic E-state index is 2.42. The molecule has 1 atom stereocenters. The molecule has 0 fully saturated rings. The number of rotatable bonds is 5. The Morgan fingerprint density at radius 1 is 1.16 bits per heavy atom. The summed E-state index contributed by atoms with van der Waals surface area (Å²) < 4.78 is 0. The number of hydrogen-bond acceptors (Lipinski definition) is 0. The van der Waals surface area contributed by atoms with Gasteiger partial charge in [0.1, 0.15) is 0 Å². The molecule has 2 aliphatic rings. The Labute approximate surface area is 117 Å². The summed E-state index contributed by atoms with van der Waals surface area (Å²) >= 11 is 0. The van der Waals surface area contributed by atoms with Gasteiger partial charge in [0.25, 0.3) is 0 Å². The van der Waals surface area contributed by atoms with Crippen LogP contribution < -0.4 is 0 Å². The number of allylic oxidation sites excluding steroid dienone is 12. The molecule has 0 aromatic heterocycles. The van der Waals surface area contributed by atoms with Gasteiger partial charge in [-0.15, -0.1) is 0 Å². The maximum atomic E-state index is 2.42. The van der Waals surface area contributed by atoms with Gasteiger partial charge in [0, 0.05) is 5.92 Å². The highest BCUT2D eigenvalue weighted by Crippen LogP contribution is 2.32. The average Bonchev–Trinajstić information content (AvgIpc) is 2.49. The molecule has 0 saturated carbocycles. The SMILES string of the molecule is C/C=C\C=C/CC(C1=CCCC=C1)C1=CC=CCC1. The molecule has 2 aliphatic carbocycles. The predicted molar refractivity (Wildman–Crippen MR) is 85.0 cm³/mol. The monoisotopic (exact) mass is 252 g/mol. The molecular weight excluding hydrogens is 228 g/mol. The summed E-state index contributed by atoms with van der Waals surface area (Å²) in [6.07, 6.45) is 28.4. The molecule has 100 valence electrons. The molecule has 0 spiro atoms. The van der Waals surface area contributed by atoms with Gasteiger partial charge in [0.15, 0.2) is 0 Å². The van der Waals surface area contributed by atoms with Gasteiger partial charge in [0.05, 0.1) is 0 Å². The van der Waals surface area contributed by atoms with E-state index in [0.29, 0.717) is 5.92 Å². The first-order valence-corrected chi connectivity index (χ1v) is 7.42. The first-order valence-electron chi connectivity index (χ1n) is 7.42. The molecule has 0 aliphatic heterocycles. The van der Waals surface area contributed by atoms with Crippen LogP contribution in [0.5, 0.6) is 0 Å². The van der Waals surface area contributed by atoms with Crippen molar-refractivity contribution in [2.75, 3.05) is 0 Å². The third kappa shape index (κ3) is 4.24. The zero-order valence-electron chi connectivity index (χ0n) is 11.9. The van der Waals surface area contributed by atoms with Crippen molar-refractivity contribution in [2.45, 2.75) is 39.0 Å². The average molecular weight is 252 g/mol. The standard InChI is InChI=1S/C19H24/c1-2-3-4-11-16-19(17-12-7-5-8-13-17)18-14-9-6-10-15-18/h2-5,7,9,11-12,14-15,19H,6,8,10,13,16H2,1H3/b3-2-,11-4-. The molecule has 1 unspecified atom stereocenters. The molecule has 0 heteroatoms. The van der Waals surface area contributed by atoms with Crippen molar-refractivity contribution in [1.82, 2.24) is 0 Å². The van der Waals surface area contributed by atoms with Crippen molar-refractivity contribution >= 4 is 0 Å². The minimum atomic E-state index is 0.572. The highest BCUT2D eigenvalue weighted by molar-refractivity contribution is 5.35. The zero-order chi connectivity index (χ0) is 13.3.